The molecule has 0 spiro atoms. The summed E-state index contributed by atoms with van der Waals surface area (Å²) in [5, 5.41) is 0. The minimum atomic E-state index is -0.457. The van der Waals surface area contributed by atoms with E-state index in [2.05, 4.69) is 4.98 Å². The molecule has 0 atom stereocenters. The predicted molar refractivity (Wildman–Crippen MR) is 65.8 cm³/mol. The van der Waals surface area contributed by atoms with Crippen LogP contribution in [-0.2, 0) is 21.1 Å². The number of aromatic nitrogens is 4. The Balaban J connectivity index is 3.03. The molecule has 0 radical (unpaired) electrons. The number of carbonyl (C=O) groups excluding carboxylic acids is 1. The van der Waals surface area contributed by atoms with Gasteiger partial charge < -0.3 is 4.57 Å². The molecule has 2 rings (SSSR count). The topological polar surface area (TPSA) is 78.9 Å². The lowest BCUT2D eigenvalue weighted by molar-refractivity contribution is 0.0975. The number of ketones is 1. The second-order valence-corrected chi connectivity index (χ2v) is 4.15. The van der Waals surface area contributed by atoms with E-state index in [1.807, 2.05) is 0 Å². The first-order valence-corrected chi connectivity index (χ1v) is 5.55. The van der Waals surface area contributed by atoms with Gasteiger partial charge in [-0.2, -0.15) is 0 Å². The van der Waals surface area contributed by atoms with Gasteiger partial charge in [-0.3, -0.25) is 18.7 Å². The van der Waals surface area contributed by atoms with Gasteiger partial charge in [0.2, 0.25) is 0 Å². The molecule has 7 nitrogen and oxygen atoms in total. The van der Waals surface area contributed by atoms with Crippen LogP contribution in [0.1, 0.15) is 24.0 Å². The van der Waals surface area contributed by atoms with E-state index in [9.17, 15) is 14.4 Å². The number of rotatable bonds is 2. The van der Waals surface area contributed by atoms with Crippen molar-refractivity contribution in [2.75, 3.05) is 0 Å². The van der Waals surface area contributed by atoms with Gasteiger partial charge in [0, 0.05) is 27.6 Å². The molecule has 2 aromatic heterocycles. The van der Waals surface area contributed by atoms with Crippen LogP contribution in [0.5, 0.6) is 0 Å². The van der Waals surface area contributed by atoms with Gasteiger partial charge in [-0.15, -0.1) is 0 Å². The van der Waals surface area contributed by atoms with E-state index >= 15 is 0 Å². The molecule has 7 heteroatoms. The Labute approximate surface area is 102 Å². The van der Waals surface area contributed by atoms with Gasteiger partial charge in [0.25, 0.3) is 5.56 Å². The number of imidazole rings is 1. The van der Waals surface area contributed by atoms with Crippen LogP contribution in [0.4, 0.5) is 0 Å². The van der Waals surface area contributed by atoms with Crippen LogP contribution in [0.15, 0.2) is 9.59 Å². The zero-order valence-electron chi connectivity index (χ0n) is 10.7. The number of fused-ring (bicyclic) bond motifs is 1. The summed E-state index contributed by atoms with van der Waals surface area (Å²) in [6, 6.07) is 0. The summed E-state index contributed by atoms with van der Waals surface area (Å²) in [4.78, 5) is 39.6. The first kappa shape index (κ1) is 12.3. The van der Waals surface area contributed by atoms with Crippen LogP contribution in [0.25, 0.3) is 11.2 Å². The summed E-state index contributed by atoms with van der Waals surface area (Å²) in [6.07, 6.45) is 0.297. The summed E-state index contributed by atoms with van der Waals surface area (Å²) in [5.74, 6) is 0.0361. The van der Waals surface area contributed by atoms with E-state index in [0.717, 1.165) is 4.57 Å². The quantitative estimate of drug-likeness (QED) is 0.677. The Morgan fingerprint density at radius 2 is 1.72 bits per heavy atom. The van der Waals surface area contributed by atoms with Gasteiger partial charge in [0.05, 0.1) is 0 Å². The maximum atomic E-state index is 12.0. The normalized spacial score (nSPS) is 11.1. The molecule has 2 heterocycles. The van der Waals surface area contributed by atoms with Crippen molar-refractivity contribution in [1.29, 1.82) is 0 Å². The molecule has 0 aliphatic heterocycles. The standard InChI is InChI=1S/C11H14N4O3/c1-5-6(16)8-12-9-7(13(8)2)10(17)15(4)11(18)14(9)3/h5H2,1-4H3. The summed E-state index contributed by atoms with van der Waals surface area (Å²) >= 11 is 0. The highest BCUT2D eigenvalue weighted by Gasteiger charge is 2.19. The van der Waals surface area contributed by atoms with Crippen molar-refractivity contribution in [2.24, 2.45) is 21.1 Å². The maximum absolute atomic E-state index is 12.0. The fourth-order valence-electron chi connectivity index (χ4n) is 1.93. The molecular weight excluding hydrogens is 236 g/mol. The van der Waals surface area contributed by atoms with Crippen molar-refractivity contribution < 1.29 is 4.79 Å². The first-order valence-electron chi connectivity index (χ1n) is 5.55. The van der Waals surface area contributed by atoms with Crippen LogP contribution in [0.3, 0.4) is 0 Å². The Bertz CT molecular complexity index is 763. The lowest BCUT2D eigenvalue weighted by Gasteiger charge is -2.03. The van der Waals surface area contributed by atoms with Crippen LogP contribution in [-0.4, -0.2) is 24.5 Å². The number of aryl methyl sites for hydroxylation is 2. The van der Waals surface area contributed by atoms with Crippen molar-refractivity contribution >= 4 is 16.9 Å². The van der Waals surface area contributed by atoms with Gasteiger partial charge in [0.15, 0.2) is 22.8 Å². The van der Waals surface area contributed by atoms with E-state index in [-0.39, 0.29) is 22.8 Å². The smallest absolute Gasteiger partial charge is 0.319 e. The molecule has 0 saturated heterocycles. The Kier molecular flexibility index (Phi) is 2.68. The number of hydrogen-bond donors (Lipinski definition) is 0. The molecule has 0 aromatic carbocycles. The Morgan fingerprint density at radius 3 is 2.28 bits per heavy atom. The van der Waals surface area contributed by atoms with E-state index in [4.69, 9.17) is 0 Å². The largest absolute Gasteiger partial charge is 0.332 e. The van der Waals surface area contributed by atoms with Gasteiger partial charge in [-0.25, -0.2) is 9.78 Å². The highest BCUT2D eigenvalue weighted by Crippen LogP contribution is 2.10. The number of hydrogen-bond acceptors (Lipinski definition) is 4. The third-order valence-electron chi connectivity index (χ3n) is 3.05. The van der Waals surface area contributed by atoms with Gasteiger partial charge in [-0.05, 0) is 0 Å². The zero-order chi connectivity index (χ0) is 13.6. The van der Waals surface area contributed by atoms with Crippen molar-refractivity contribution in [1.82, 2.24) is 18.7 Å². The van der Waals surface area contributed by atoms with Gasteiger partial charge >= 0.3 is 5.69 Å². The van der Waals surface area contributed by atoms with Crippen molar-refractivity contribution in [3.05, 3.63) is 26.7 Å². The second kappa shape index (κ2) is 3.94. The first-order chi connectivity index (χ1) is 8.40. The third-order valence-corrected chi connectivity index (χ3v) is 3.05. The monoisotopic (exact) mass is 250 g/mol. The average molecular weight is 250 g/mol. The van der Waals surface area contributed by atoms with E-state index in [1.165, 1.54) is 23.2 Å². The molecule has 0 aliphatic carbocycles. The second-order valence-electron chi connectivity index (χ2n) is 4.15. The molecule has 0 saturated carbocycles. The Morgan fingerprint density at radius 1 is 1.11 bits per heavy atom. The lowest BCUT2D eigenvalue weighted by Crippen LogP contribution is -2.37. The zero-order valence-corrected chi connectivity index (χ0v) is 10.7. The van der Waals surface area contributed by atoms with Crippen LogP contribution in [0.2, 0.25) is 0 Å². The minimum absolute atomic E-state index is 0.164. The minimum Gasteiger partial charge on any atom is -0.319 e. The Hall–Kier alpha value is -2.18. The van der Waals surface area contributed by atoms with Crippen molar-refractivity contribution in [3.8, 4) is 0 Å². The molecule has 0 amide bonds. The molecule has 0 bridgehead atoms. The van der Waals surface area contributed by atoms with E-state index in [1.54, 1.807) is 14.0 Å². The fraction of sp³-hybridized carbons (Fsp3) is 0.455. The number of carbonyl (C=O) groups is 1. The van der Waals surface area contributed by atoms with Crippen LogP contribution in [0, 0.1) is 0 Å². The summed E-state index contributed by atoms with van der Waals surface area (Å²) < 4.78 is 3.72. The van der Waals surface area contributed by atoms with Crippen LogP contribution >= 0.6 is 0 Å². The molecule has 96 valence electrons. The molecule has 0 aliphatic rings. The summed E-state index contributed by atoms with van der Waals surface area (Å²) in [5.41, 5.74) is -0.404. The SMILES string of the molecule is CCC(=O)c1nc2c(c(=O)n(C)c(=O)n2C)n1C. The molecule has 2 aromatic rings. The average Bonchev–Trinajstić information content (AvgIpc) is 2.71. The molecule has 0 N–H and O–H groups in total. The maximum Gasteiger partial charge on any atom is 0.332 e. The third kappa shape index (κ3) is 1.43. The summed E-state index contributed by atoms with van der Waals surface area (Å²) in [6.45, 7) is 1.72. The van der Waals surface area contributed by atoms with Gasteiger partial charge in [-0.1, -0.05) is 6.92 Å². The highest BCUT2D eigenvalue weighted by atomic mass is 16.2. The molecular formula is C11H14N4O3. The van der Waals surface area contributed by atoms with Crippen molar-refractivity contribution in [2.45, 2.75) is 13.3 Å². The lowest BCUT2D eigenvalue weighted by atomic mass is 10.3. The van der Waals surface area contributed by atoms with Crippen LogP contribution < -0.4 is 11.2 Å². The number of nitrogens with zero attached hydrogens (tertiary/aromatic N) is 4. The molecule has 18 heavy (non-hydrogen) atoms. The number of Topliss-reactive ketones (excluding diaryl/α,β-unsaturated/α-hetero) is 1. The van der Waals surface area contributed by atoms with E-state index in [0.29, 0.717) is 6.42 Å². The van der Waals surface area contributed by atoms with Crippen molar-refractivity contribution in [3.63, 3.8) is 0 Å². The molecule has 0 unspecified atom stereocenters. The molecule has 0 fully saturated rings. The van der Waals surface area contributed by atoms with Gasteiger partial charge in [0.1, 0.15) is 0 Å². The predicted octanol–water partition coefficient (Wildman–Crippen LogP) is -0.437. The fourth-order valence-corrected chi connectivity index (χ4v) is 1.93. The highest BCUT2D eigenvalue weighted by molar-refractivity contribution is 5.95. The summed E-state index contributed by atoms with van der Waals surface area (Å²) in [7, 11) is 4.53. The van der Waals surface area contributed by atoms with E-state index < -0.39 is 11.2 Å².